The molecule has 0 atom stereocenters. The van der Waals surface area contributed by atoms with Gasteiger partial charge in [0.1, 0.15) is 5.75 Å². The average molecular weight is 258 g/mol. The van der Waals surface area contributed by atoms with Gasteiger partial charge >= 0.3 is 0 Å². The second kappa shape index (κ2) is 7.14. The second-order valence-corrected chi connectivity index (χ2v) is 4.03. The maximum atomic E-state index is 11.1. The Labute approximate surface area is 106 Å². The highest BCUT2D eigenvalue weighted by Crippen LogP contribution is 2.21. The normalized spacial score (nSPS) is 10.1. The Morgan fingerprint density at radius 1 is 1.47 bits per heavy atom. The largest absolute Gasteiger partial charge is 0.493 e. The number of aryl methyl sites for hydroxylation is 1. The summed E-state index contributed by atoms with van der Waals surface area (Å²) in [5.74, 6) is 0.644. The van der Waals surface area contributed by atoms with E-state index in [4.69, 9.17) is 16.3 Å². The van der Waals surface area contributed by atoms with Crippen LogP contribution in [0.3, 0.4) is 0 Å². The lowest BCUT2D eigenvalue weighted by molar-refractivity contribution is -0.131. The van der Waals surface area contributed by atoms with Crippen molar-refractivity contribution >= 4 is 17.5 Å². The van der Waals surface area contributed by atoms with Crippen LogP contribution >= 0.6 is 11.6 Å². The fourth-order valence-corrected chi connectivity index (χ4v) is 1.58. The number of halogens is 1. The van der Waals surface area contributed by atoms with Gasteiger partial charge < -0.3 is 4.74 Å². The predicted molar refractivity (Wildman–Crippen MR) is 66.1 cm³/mol. The molecule has 0 unspecified atom stereocenters. The standard InChI is InChI=1S/C12H16ClNO3/c1-9-8-10(13)5-6-11(9)17-7-3-4-12(15)14-16-2/h5-6,8H,3-4,7H2,1-2H3,(H,14,15). The van der Waals surface area contributed by atoms with Crippen LogP contribution in [0.15, 0.2) is 18.2 Å². The van der Waals surface area contributed by atoms with Crippen molar-refractivity contribution in [3.63, 3.8) is 0 Å². The zero-order valence-corrected chi connectivity index (χ0v) is 10.7. The maximum Gasteiger partial charge on any atom is 0.243 e. The molecule has 0 fully saturated rings. The fraction of sp³-hybridized carbons (Fsp3) is 0.417. The lowest BCUT2D eigenvalue weighted by atomic mass is 10.2. The SMILES string of the molecule is CONC(=O)CCCOc1ccc(Cl)cc1C. The predicted octanol–water partition coefficient (Wildman–Crippen LogP) is 2.49. The van der Waals surface area contributed by atoms with E-state index >= 15 is 0 Å². The second-order valence-electron chi connectivity index (χ2n) is 3.59. The van der Waals surface area contributed by atoms with Gasteiger partial charge in [0.2, 0.25) is 5.91 Å². The van der Waals surface area contributed by atoms with Crippen molar-refractivity contribution in [3.05, 3.63) is 28.8 Å². The third kappa shape index (κ3) is 5.06. The Morgan fingerprint density at radius 3 is 2.88 bits per heavy atom. The van der Waals surface area contributed by atoms with E-state index in [9.17, 15) is 4.79 Å². The molecule has 1 rings (SSSR count). The summed E-state index contributed by atoms with van der Waals surface area (Å²) in [6, 6.07) is 5.45. The summed E-state index contributed by atoms with van der Waals surface area (Å²) in [4.78, 5) is 15.6. The number of carbonyl (C=O) groups excluding carboxylic acids is 1. The highest BCUT2D eigenvalue weighted by atomic mass is 35.5. The first-order chi connectivity index (χ1) is 8.13. The van der Waals surface area contributed by atoms with Crippen molar-refractivity contribution in [1.82, 2.24) is 5.48 Å². The van der Waals surface area contributed by atoms with Gasteiger partial charge in [0.15, 0.2) is 0 Å². The number of benzene rings is 1. The molecule has 1 N–H and O–H groups in total. The zero-order valence-electron chi connectivity index (χ0n) is 9.96. The Bertz CT molecular complexity index is 382. The van der Waals surface area contributed by atoms with Gasteiger partial charge in [-0.05, 0) is 37.1 Å². The Hall–Kier alpha value is -1.26. The third-order valence-corrected chi connectivity index (χ3v) is 2.39. The topological polar surface area (TPSA) is 47.6 Å². The number of hydroxylamine groups is 1. The molecule has 1 aromatic rings. The molecule has 17 heavy (non-hydrogen) atoms. The number of amides is 1. The first kappa shape index (κ1) is 13.8. The molecule has 1 amide bonds. The lowest BCUT2D eigenvalue weighted by Crippen LogP contribution is -2.21. The third-order valence-electron chi connectivity index (χ3n) is 2.16. The van der Waals surface area contributed by atoms with Crippen LogP contribution in [-0.4, -0.2) is 19.6 Å². The molecule has 5 heteroatoms. The van der Waals surface area contributed by atoms with E-state index in [0.29, 0.717) is 24.5 Å². The van der Waals surface area contributed by atoms with Crippen molar-refractivity contribution in [2.45, 2.75) is 19.8 Å². The molecule has 0 radical (unpaired) electrons. The van der Waals surface area contributed by atoms with Crippen molar-refractivity contribution in [2.75, 3.05) is 13.7 Å². The number of nitrogens with one attached hydrogen (secondary N) is 1. The van der Waals surface area contributed by atoms with E-state index < -0.39 is 0 Å². The van der Waals surface area contributed by atoms with Crippen molar-refractivity contribution in [3.8, 4) is 5.75 Å². The van der Waals surface area contributed by atoms with Crippen LogP contribution in [0.5, 0.6) is 5.75 Å². The summed E-state index contributed by atoms with van der Waals surface area (Å²) in [5.41, 5.74) is 3.24. The van der Waals surface area contributed by atoms with E-state index in [-0.39, 0.29) is 5.91 Å². The summed E-state index contributed by atoms with van der Waals surface area (Å²) in [5, 5.41) is 0.689. The lowest BCUT2D eigenvalue weighted by Gasteiger charge is -2.09. The molecule has 0 aromatic heterocycles. The first-order valence-electron chi connectivity index (χ1n) is 5.34. The molecule has 94 valence electrons. The number of carbonyl (C=O) groups is 1. The molecule has 0 saturated heterocycles. The molecule has 0 saturated carbocycles. The summed E-state index contributed by atoms with van der Waals surface area (Å²) in [7, 11) is 1.41. The van der Waals surface area contributed by atoms with E-state index in [1.165, 1.54) is 7.11 Å². The van der Waals surface area contributed by atoms with Gasteiger partial charge in [0.05, 0.1) is 13.7 Å². The fourth-order valence-electron chi connectivity index (χ4n) is 1.35. The van der Waals surface area contributed by atoms with Gasteiger partial charge in [0.25, 0.3) is 0 Å². The molecule has 4 nitrogen and oxygen atoms in total. The van der Waals surface area contributed by atoms with Crippen LogP contribution in [0.2, 0.25) is 5.02 Å². The molecule has 0 aliphatic heterocycles. The highest BCUT2D eigenvalue weighted by Gasteiger charge is 2.02. The Balaban J connectivity index is 2.29. The number of ether oxygens (including phenoxy) is 1. The van der Waals surface area contributed by atoms with Crippen LogP contribution < -0.4 is 10.2 Å². The minimum absolute atomic E-state index is 0.149. The van der Waals surface area contributed by atoms with E-state index in [1.54, 1.807) is 6.07 Å². The Morgan fingerprint density at radius 2 is 2.24 bits per heavy atom. The van der Waals surface area contributed by atoms with E-state index in [1.807, 2.05) is 19.1 Å². The minimum Gasteiger partial charge on any atom is -0.493 e. The quantitative estimate of drug-likeness (QED) is 0.629. The number of hydrogen-bond donors (Lipinski definition) is 1. The number of hydrogen-bond acceptors (Lipinski definition) is 3. The summed E-state index contributed by atoms with van der Waals surface area (Å²) >= 11 is 5.83. The first-order valence-corrected chi connectivity index (χ1v) is 5.72. The van der Waals surface area contributed by atoms with Gasteiger partial charge in [0, 0.05) is 11.4 Å². The molecule has 0 spiro atoms. The minimum atomic E-state index is -0.149. The molecular formula is C12H16ClNO3. The smallest absolute Gasteiger partial charge is 0.243 e. The van der Waals surface area contributed by atoms with Crippen LogP contribution in [0.25, 0.3) is 0 Å². The summed E-state index contributed by atoms with van der Waals surface area (Å²) in [6.45, 7) is 2.42. The van der Waals surface area contributed by atoms with Crippen molar-refractivity contribution in [2.24, 2.45) is 0 Å². The van der Waals surface area contributed by atoms with E-state index in [2.05, 4.69) is 10.3 Å². The molecule has 0 aliphatic carbocycles. The van der Waals surface area contributed by atoms with Gasteiger partial charge in [-0.1, -0.05) is 11.6 Å². The van der Waals surface area contributed by atoms with Crippen LogP contribution in [-0.2, 0) is 9.63 Å². The van der Waals surface area contributed by atoms with Crippen LogP contribution in [0.1, 0.15) is 18.4 Å². The van der Waals surface area contributed by atoms with Crippen LogP contribution in [0.4, 0.5) is 0 Å². The van der Waals surface area contributed by atoms with Crippen LogP contribution in [0, 0.1) is 6.92 Å². The van der Waals surface area contributed by atoms with Gasteiger partial charge in [-0.15, -0.1) is 0 Å². The van der Waals surface area contributed by atoms with Gasteiger partial charge in [-0.2, -0.15) is 0 Å². The summed E-state index contributed by atoms with van der Waals surface area (Å²) in [6.07, 6.45) is 1.01. The molecule has 0 bridgehead atoms. The molecule has 1 aromatic carbocycles. The van der Waals surface area contributed by atoms with Gasteiger partial charge in [-0.3, -0.25) is 9.63 Å². The number of rotatable bonds is 6. The van der Waals surface area contributed by atoms with Crippen molar-refractivity contribution in [1.29, 1.82) is 0 Å². The highest BCUT2D eigenvalue weighted by molar-refractivity contribution is 6.30. The van der Waals surface area contributed by atoms with E-state index in [0.717, 1.165) is 11.3 Å². The zero-order chi connectivity index (χ0) is 12.7. The monoisotopic (exact) mass is 257 g/mol. The Kier molecular flexibility index (Phi) is 5.80. The average Bonchev–Trinajstić information content (AvgIpc) is 2.27. The van der Waals surface area contributed by atoms with Gasteiger partial charge in [-0.25, -0.2) is 5.48 Å². The molecule has 0 heterocycles. The molecular weight excluding hydrogens is 242 g/mol. The maximum absolute atomic E-state index is 11.1. The summed E-state index contributed by atoms with van der Waals surface area (Å²) < 4.78 is 5.54. The van der Waals surface area contributed by atoms with Crippen molar-refractivity contribution < 1.29 is 14.4 Å². The molecule has 0 aliphatic rings.